The smallest absolute Gasteiger partial charge is 0.199 e. The molecule has 0 spiro atoms. The first-order valence-electron chi connectivity index (χ1n) is 6.50. The number of Topliss-reactive ketones (excluding diaryl/α,β-unsaturated/α-hetero) is 1. The number of carbonyl (C=O) groups is 1. The van der Waals surface area contributed by atoms with Crippen LogP contribution in [0.2, 0.25) is 0 Å². The van der Waals surface area contributed by atoms with Gasteiger partial charge in [-0.25, -0.2) is 0 Å². The van der Waals surface area contributed by atoms with Crippen molar-refractivity contribution in [3.8, 4) is 0 Å². The molecular formula is C15H17NO2. The Bertz CT molecular complexity index is 579. The zero-order chi connectivity index (χ0) is 12.5. The minimum atomic E-state index is 0.102. The lowest BCUT2D eigenvalue weighted by Gasteiger charge is -2.06. The Balaban J connectivity index is 1.85. The highest BCUT2D eigenvalue weighted by Gasteiger charge is 2.21. The van der Waals surface area contributed by atoms with E-state index in [9.17, 15) is 4.79 Å². The van der Waals surface area contributed by atoms with Crippen LogP contribution < -0.4 is 5.32 Å². The third-order valence-corrected chi connectivity index (χ3v) is 3.61. The summed E-state index contributed by atoms with van der Waals surface area (Å²) in [7, 11) is 0. The summed E-state index contributed by atoms with van der Waals surface area (Å²) in [5.41, 5.74) is 1.91. The minimum Gasteiger partial charge on any atom is -0.453 e. The van der Waals surface area contributed by atoms with Gasteiger partial charge in [0.15, 0.2) is 11.5 Å². The highest BCUT2D eigenvalue weighted by atomic mass is 16.3. The van der Waals surface area contributed by atoms with E-state index in [-0.39, 0.29) is 5.78 Å². The molecule has 2 aromatic rings. The molecule has 3 nitrogen and oxygen atoms in total. The van der Waals surface area contributed by atoms with Gasteiger partial charge in [-0.2, -0.15) is 0 Å². The lowest BCUT2D eigenvalue weighted by molar-refractivity contribution is 0.0946. The van der Waals surface area contributed by atoms with Crippen LogP contribution in [0.25, 0.3) is 11.0 Å². The van der Waals surface area contributed by atoms with E-state index in [1.165, 1.54) is 0 Å². The van der Waals surface area contributed by atoms with Crippen molar-refractivity contribution in [1.82, 2.24) is 5.32 Å². The first-order valence-corrected chi connectivity index (χ1v) is 6.50. The van der Waals surface area contributed by atoms with Crippen LogP contribution in [0.3, 0.4) is 0 Å². The van der Waals surface area contributed by atoms with E-state index in [1.54, 1.807) is 0 Å². The molecule has 3 rings (SSSR count). The van der Waals surface area contributed by atoms with Crippen molar-refractivity contribution < 1.29 is 9.21 Å². The number of aryl methyl sites for hydroxylation is 1. The van der Waals surface area contributed by atoms with E-state index in [2.05, 4.69) is 5.32 Å². The highest BCUT2D eigenvalue weighted by Crippen LogP contribution is 2.24. The van der Waals surface area contributed by atoms with Gasteiger partial charge in [0.1, 0.15) is 5.58 Å². The molecule has 1 aromatic carbocycles. The summed E-state index contributed by atoms with van der Waals surface area (Å²) in [6, 6.07) is 8.15. The molecule has 2 heterocycles. The number of carbonyl (C=O) groups excluding carboxylic acids is 1. The number of fused-ring (bicyclic) bond motifs is 1. The molecule has 1 saturated heterocycles. The van der Waals surface area contributed by atoms with Crippen LogP contribution in [0.5, 0.6) is 0 Å². The summed E-state index contributed by atoms with van der Waals surface area (Å²) in [5.74, 6) is 0.595. The molecule has 1 aliphatic rings. The van der Waals surface area contributed by atoms with Crippen LogP contribution in [-0.4, -0.2) is 18.4 Å². The van der Waals surface area contributed by atoms with Gasteiger partial charge in [-0.05, 0) is 37.9 Å². The van der Waals surface area contributed by atoms with Gasteiger partial charge in [-0.15, -0.1) is 0 Å². The third kappa shape index (κ3) is 2.06. The fourth-order valence-corrected chi connectivity index (χ4v) is 2.60. The van der Waals surface area contributed by atoms with Gasteiger partial charge in [0, 0.05) is 17.8 Å². The quantitative estimate of drug-likeness (QED) is 0.842. The van der Waals surface area contributed by atoms with E-state index in [1.807, 2.05) is 31.2 Å². The fraction of sp³-hybridized carbons (Fsp3) is 0.400. The predicted molar refractivity (Wildman–Crippen MR) is 70.9 cm³/mol. The van der Waals surface area contributed by atoms with Crippen LogP contribution in [0.15, 0.2) is 28.7 Å². The summed E-state index contributed by atoms with van der Waals surface area (Å²) < 4.78 is 5.69. The van der Waals surface area contributed by atoms with Crippen LogP contribution in [-0.2, 0) is 0 Å². The van der Waals surface area contributed by atoms with Gasteiger partial charge >= 0.3 is 0 Å². The maximum Gasteiger partial charge on any atom is 0.199 e. The standard InChI is InChI=1S/C15H17NO2/c1-10-4-2-5-11-8-14(18-15(10)11)13(17)9-12-6-3-7-16-12/h2,4-5,8,12,16H,3,6-7,9H2,1H3. The Morgan fingerprint density at radius 3 is 3.11 bits per heavy atom. The summed E-state index contributed by atoms with van der Waals surface area (Å²) in [6.45, 7) is 3.02. The molecule has 1 atom stereocenters. The molecule has 1 unspecified atom stereocenters. The number of ketones is 1. The van der Waals surface area contributed by atoms with E-state index in [0.29, 0.717) is 18.2 Å². The van der Waals surface area contributed by atoms with Gasteiger partial charge < -0.3 is 9.73 Å². The van der Waals surface area contributed by atoms with Crippen molar-refractivity contribution in [1.29, 1.82) is 0 Å². The number of furan rings is 1. The number of benzene rings is 1. The highest BCUT2D eigenvalue weighted by molar-refractivity contribution is 5.98. The number of hydrogen-bond donors (Lipinski definition) is 1. The Hall–Kier alpha value is -1.61. The average Bonchev–Trinajstić information content (AvgIpc) is 2.97. The molecule has 0 saturated carbocycles. The Morgan fingerprint density at radius 2 is 2.39 bits per heavy atom. The third-order valence-electron chi connectivity index (χ3n) is 3.61. The molecule has 0 amide bonds. The monoisotopic (exact) mass is 243 g/mol. The van der Waals surface area contributed by atoms with Crippen LogP contribution in [0.4, 0.5) is 0 Å². The molecule has 1 fully saturated rings. The van der Waals surface area contributed by atoms with E-state index in [0.717, 1.165) is 35.9 Å². The summed E-state index contributed by atoms with van der Waals surface area (Å²) >= 11 is 0. The second kappa shape index (κ2) is 4.58. The van der Waals surface area contributed by atoms with E-state index in [4.69, 9.17) is 4.42 Å². The summed E-state index contributed by atoms with van der Waals surface area (Å²) in [6.07, 6.45) is 2.79. The number of para-hydroxylation sites is 1. The van der Waals surface area contributed by atoms with Crippen LogP contribution in [0, 0.1) is 6.92 Å². The molecule has 1 aromatic heterocycles. The Morgan fingerprint density at radius 1 is 1.50 bits per heavy atom. The van der Waals surface area contributed by atoms with Crippen molar-refractivity contribution >= 4 is 16.8 Å². The largest absolute Gasteiger partial charge is 0.453 e. The van der Waals surface area contributed by atoms with Crippen LogP contribution >= 0.6 is 0 Å². The molecular weight excluding hydrogens is 226 g/mol. The Kier molecular flexibility index (Phi) is 2.92. The molecule has 0 aliphatic carbocycles. The molecule has 3 heteroatoms. The maximum atomic E-state index is 12.1. The van der Waals surface area contributed by atoms with E-state index < -0.39 is 0 Å². The SMILES string of the molecule is Cc1cccc2cc(C(=O)CC3CCCN3)oc12. The fourth-order valence-electron chi connectivity index (χ4n) is 2.60. The maximum absolute atomic E-state index is 12.1. The molecule has 1 aliphatic heterocycles. The molecule has 94 valence electrons. The van der Waals surface area contributed by atoms with Crippen molar-refractivity contribution in [3.05, 3.63) is 35.6 Å². The number of rotatable bonds is 3. The van der Waals surface area contributed by atoms with Gasteiger partial charge in [-0.1, -0.05) is 18.2 Å². The number of hydrogen-bond acceptors (Lipinski definition) is 3. The normalized spacial score (nSPS) is 19.5. The second-order valence-corrected chi connectivity index (χ2v) is 5.02. The van der Waals surface area contributed by atoms with Crippen molar-refractivity contribution in [3.63, 3.8) is 0 Å². The molecule has 0 radical (unpaired) electrons. The van der Waals surface area contributed by atoms with Crippen molar-refractivity contribution in [2.45, 2.75) is 32.2 Å². The number of nitrogens with one attached hydrogen (secondary N) is 1. The van der Waals surface area contributed by atoms with Crippen molar-refractivity contribution in [2.24, 2.45) is 0 Å². The molecule has 0 bridgehead atoms. The second-order valence-electron chi connectivity index (χ2n) is 5.02. The first-order chi connectivity index (χ1) is 8.74. The lowest BCUT2D eigenvalue weighted by atomic mass is 10.1. The van der Waals surface area contributed by atoms with Gasteiger partial charge in [0.25, 0.3) is 0 Å². The predicted octanol–water partition coefficient (Wildman–Crippen LogP) is 3.07. The lowest BCUT2D eigenvalue weighted by Crippen LogP contribution is -2.24. The van der Waals surface area contributed by atoms with Crippen LogP contribution in [0.1, 0.15) is 35.4 Å². The average molecular weight is 243 g/mol. The summed E-state index contributed by atoms with van der Waals surface area (Å²) in [4.78, 5) is 12.1. The summed E-state index contributed by atoms with van der Waals surface area (Å²) in [5, 5.41) is 4.35. The Labute approximate surface area is 106 Å². The zero-order valence-corrected chi connectivity index (χ0v) is 10.5. The molecule has 18 heavy (non-hydrogen) atoms. The van der Waals surface area contributed by atoms with Gasteiger partial charge in [0.2, 0.25) is 0 Å². The minimum absolute atomic E-state index is 0.102. The van der Waals surface area contributed by atoms with Gasteiger partial charge in [-0.3, -0.25) is 4.79 Å². The van der Waals surface area contributed by atoms with Crippen molar-refractivity contribution in [2.75, 3.05) is 6.54 Å². The zero-order valence-electron chi connectivity index (χ0n) is 10.5. The molecule has 1 N–H and O–H groups in total. The first kappa shape index (κ1) is 11.5. The topological polar surface area (TPSA) is 42.2 Å². The van der Waals surface area contributed by atoms with Gasteiger partial charge in [0.05, 0.1) is 0 Å². The van der Waals surface area contributed by atoms with E-state index >= 15 is 0 Å².